The summed E-state index contributed by atoms with van der Waals surface area (Å²) in [5.74, 6) is 0.885. The molecule has 10 heteroatoms. The third kappa shape index (κ3) is 8.19. The summed E-state index contributed by atoms with van der Waals surface area (Å²) in [5, 5.41) is 0. The lowest BCUT2D eigenvalue weighted by molar-refractivity contribution is 0.00380. The second-order valence-corrected chi connectivity index (χ2v) is 13.1. The zero-order chi connectivity index (χ0) is 26.1. The summed E-state index contributed by atoms with van der Waals surface area (Å²) in [4.78, 5) is 1.99. The van der Waals surface area contributed by atoms with Gasteiger partial charge in [-0.05, 0) is 75.7 Å². The van der Waals surface area contributed by atoms with Gasteiger partial charge < -0.3 is 15.0 Å². The molecule has 2 rings (SSSR count). The van der Waals surface area contributed by atoms with Crippen LogP contribution in [0.1, 0.15) is 66.2 Å². The van der Waals surface area contributed by atoms with Gasteiger partial charge in [0.05, 0.1) is 16.4 Å². The maximum Gasteiger partial charge on any atom is 0.504 e. The van der Waals surface area contributed by atoms with Crippen LogP contribution >= 0.6 is 0 Å². The van der Waals surface area contributed by atoms with Crippen LogP contribution in [0.4, 0.5) is 0 Å². The first-order valence-corrected chi connectivity index (χ1v) is 14.6. The van der Waals surface area contributed by atoms with E-state index in [0.717, 1.165) is 19.3 Å². The van der Waals surface area contributed by atoms with E-state index in [4.69, 9.17) is 9.47 Å². The molecule has 35 heavy (non-hydrogen) atoms. The molecular weight excluding hydrogens is 488 g/mol. The Kier molecular flexibility index (Phi) is 10.1. The number of sulfone groups is 2. The molecule has 0 fully saturated rings. The van der Waals surface area contributed by atoms with Crippen molar-refractivity contribution in [3.63, 3.8) is 0 Å². The Labute approximate surface area is 208 Å². The monoisotopic (exact) mass is 522 g/mol. The summed E-state index contributed by atoms with van der Waals surface area (Å²) < 4.78 is 61.9. The molecule has 0 aliphatic rings. The summed E-state index contributed by atoms with van der Waals surface area (Å²) in [7, 11) is -9.26. The fourth-order valence-corrected chi connectivity index (χ4v) is 6.62. The summed E-state index contributed by atoms with van der Waals surface area (Å²) >= 11 is 0. The molecule has 0 atom stereocenters. The minimum atomic E-state index is -4.63. The molecule has 0 bridgehead atoms. The number of hydrogen-bond donors (Lipinski definition) is 0. The van der Waals surface area contributed by atoms with Crippen molar-refractivity contribution in [2.75, 3.05) is 6.61 Å². The van der Waals surface area contributed by atoms with Crippen LogP contribution in [0.3, 0.4) is 0 Å². The number of nitrogens with zero attached hydrogens (tertiary/aromatic N) is 2. The molecule has 0 unspecified atom stereocenters. The Morgan fingerprint density at radius 1 is 0.771 bits per heavy atom. The molecule has 2 aromatic carbocycles. The van der Waals surface area contributed by atoms with Gasteiger partial charge in [-0.15, -0.1) is 4.79 Å². The van der Waals surface area contributed by atoms with E-state index in [9.17, 15) is 22.4 Å². The maximum absolute atomic E-state index is 13.0. The second-order valence-electron chi connectivity index (χ2n) is 9.15. The zero-order valence-electron chi connectivity index (χ0n) is 20.7. The molecular formula is C25H34N2O6S2. The molecule has 8 nitrogen and oxygen atoms in total. The molecule has 0 N–H and O–H groups in total. The van der Waals surface area contributed by atoms with Crippen LogP contribution in [0.15, 0.2) is 58.3 Å². The minimum absolute atomic E-state index is 0.325. The Balaban J connectivity index is 2.13. The minimum Gasteiger partial charge on any atom is -0.494 e. The fraction of sp³-hybridized carbons (Fsp3) is 0.480. The molecule has 0 aromatic heterocycles. The van der Waals surface area contributed by atoms with Gasteiger partial charge in [-0.25, -0.2) is 16.8 Å². The summed E-state index contributed by atoms with van der Waals surface area (Å²) in [6.45, 7) is 8.19. The molecule has 0 saturated carbocycles. The van der Waals surface area contributed by atoms with E-state index >= 15 is 0 Å². The van der Waals surface area contributed by atoms with Crippen LogP contribution in [0.2, 0.25) is 0 Å². The SMILES string of the molecule is CCCCCCCCOc1ccc(S(=O)(=O)C(=[N+]=[N-])S(=O)(=O)c2ccc(OC(C)(C)C)cc2)cc1. The van der Waals surface area contributed by atoms with Gasteiger partial charge in [0.25, 0.3) is 19.7 Å². The highest BCUT2D eigenvalue weighted by atomic mass is 32.3. The van der Waals surface area contributed by atoms with E-state index in [1.54, 1.807) is 0 Å². The second kappa shape index (κ2) is 12.3. The van der Waals surface area contributed by atoms with E-state index in [1.807, 2.05) is 20.8 Å². The Bertz CT molecular complexity index is 1220. The average Bonchev–Trinajstić information content (AvgIpc) is 2.78. The molecule has 0 amide bonds. The van der Waals surface area contributed by atoms with Gasteiger partial charge in [0, 0.05) is 0 Å². The predicted molar refractivity (Wildman–Crippen MR) is 135 cm³/mol. The summed E-state index contributed by atoms with van der Waals surface area (Å²) in [5.41, 5.74) is 8.89. The van der Waals surface area contributed by atoms with Crippen LogP contribution in [-0.4, -0.2) is 38.2 Å². The van der Waals surface area contributed by atoms with Crippen molar-refractivity contribution in [1.29, 1.82) is 0 Å². The normalized spacial score (nSPS) is 12.1. The van der Waals surface area contributed by atoms with Crippen molar-refractivity contribution >= 4 is 24.1 Å². The largest absolute Gasteiger partial charge is 0.504 e. The summed E-state index contributed by atoms with van der Waals surface area (Å²) in [6, 6.07) is 10.6. The molecule has 0 aliphatic heterocycles. The van der Waals surface area contributed by atoms with Crippen LogP contribution in [0.25, 0.3) is 5.53 Å². The van der Waals surface area contributed by atoms with Gasteiger partial charge in [0.15, 0.2) is 0 Å². The summed E-state index contributed by atoms with van der Waals surface area (Å²) in [6.07, 6.45) is 6.72. The fourth-order valence-electron chi connectivity index (χ4n) is 3.28. The van der Waals surface area contributed by atoms with Gasteiger partial charge in [-0.2, -0.15) is 0 Å². The first-order chi connectivity index (χ1) is 16.4. The molecule has 0 heterocycles. The smallest absolute Gasteiger partial charge is 0.494 e. The third-order valence-electron chi connectivity index (χ3n) is 5.00. The zero-order valence-corrected chi connectivity index (χ0v) is 22.4. The van der Waals surface area contributed by atoms with E-state index in [1.165, 1.54) is 67.8 Å². The van der Waals surface area contributed by atoms with Crippen LogP contribution in [0, 0.1) is 0 Å². The standard InChI is InChI=1S/C25H34N2O6S2/c1-5-6-7-8-9-10-19-32-20-11-15-22(16-12-20)34(28,29)24(27-26)35(30,31)23-17-13-21(14-18-23)33-25(2,3)4/h11-18H,5-10,19H2,1-4H3. The molecule has 2 aromatic rings. The number of unbranched alkanes of at least 4 members (excludes halogenated alkanes) is 5. The van der Waals surface area contributed by atoms with E-state index in [2.05, 4.69) is 11.7 Å². The van der Waals surface area contributed by atoms with Crippen LogP contribution in [-0.2, 0) is 19.7 Å². The molecule has 192 valence electrons. The number of benzene rings is 2. The lowest BCUT2D eigenvalue weighted by Gasteiger charge is -2.21. The average molecular weight is 523 g/mol. The van der Waals surface area contributed by atoms with Gasteiger partial charge in [0.1, 0.15) is 17.1 Å². The van der Waals surface area contributed by atoms with Gasteiger partial charge in [-0.1, -0.05) is 39.0 Å². The van der Waals surface area contributed by atoms with Crippen molar-refractivity contribution in [2.45, 2.75) is 81.6 Å². The number of ether oxygens (including phenoxy) is 2. The van der Waals surface area contributed by atoms with Crippen molar-refractivity contribution in [3.05, 3.63) is 54.1 Å². The van der Waals surface area contributed by atoms with Crippen LogP contribution < -0.4 is 9.47 Å². The Hall–Kier alpha value is -2.68. The number of rotatable bonds is 11. The Morgan fingerprint density at radius 2 is 1.23 bits per heavy atom. The molecule has 0 saturated heterocycles. The maximum atomic E-state index is 13.0. The van der Waals surface area contributed by atoms with Crippen molar-refractivity contribution in [1.82, 2.24) is 0 Å². The van der Waals surface area contributed by atoms with E-state index in [-0.39, 0.29) is 9.79 Å². The number of hydrogen-bond acceptors (Lipinski definition) is 6. The first kappa shape index (κ1) is 28.6. The van der Waals surface area contributed by atoms with Gasteiger partial charge >= 0.3 is 4.38 Å². The van der Waals surface area contributed by atoms with Crippen molar-refractivity contribution in [2.24, 2.45) is 0 Å². The highest BCUT2D eigenvalue weighted by Crippen LogP contribution is 2.25. The van der Waals surface area contributed by atoms with Crippen molar-refractivity contribution in [3.8, 4) is 11.5 Å². The highest BCUT2D eigenvalue weighted by Gasteiger charge is 2.44. The van der Waals surface area contributed by atoms with Gasteiger partial charge in [-0.3, -0.25) is 0 Å². The molecule has 0 aliphatic carbocycles. The van der Waals surface area contributed by atoms with Crippen LogP contribution in [0.5, 0.6) is 11.5 Å². The quantitative estimate of drug-likeness (QED) is 0.127. The predicted octanol–water partition coefficient (Wildman–Crippen LogP) is 5.44. The van der Waals surface area contributed by atoms with Gasteiger partial charge in [0.2, 0.25) is 0 Å². The van der Waals surface area contributed by atoms with E-state index in [0.29, 0.717) is 18.1 Å². The van der Waals surface area contributed by atoms with E-state index < -0.39 is 29.7 Å². The molecule has 0 radical (unpaired) electrons. The topological polar surface area (TPSA) is 123 Å². The lowest BCUT2D eigenvalue weighted by atomic mass is 10.1. The Morgan fingerprint density at radius 3 is 1.69 bits per heavy atom. The third-order valence-corrected chi connectivity index (χ3v) is 9.19. The van der Waals surface area contributed by atoms with Crippen molar-refractivity contribution < 1.29 is 31.1 Å². The highest BCUT2D eigenvalue weighted by molar-refractivity contribution is 8.31. The lowest BCUT2D eigenvalue weighted by Crippen LogP contribution is -2.26. The molecule has 0 spiro atoms. The first-order valence-electron chi connectivity index (χ1n) is 11.7.